The van der Waals surface area contributed by atoms with Crippen molar-refractivity contribution in [2.75, 3.05) is 0 Å². The van der Waals surface area contributed by atoms with Crippen molar-refractivity contribution >= 4 is 5.91 Å². The number of carbonyl (C=O) groups is 1. The van der Waals surface area contributed by atoms with Gasteiger partial charge in [0.05, 0.1) is 0 Å². The predicted octanol–water partition coefficient (Wildman–Crippen LogP) is 2.72. The van der Waals surface area contributed by atoms with Gasteiger partial charge in [-0.05, 0) is 24.0 Å². The Morgan fingerprint density at radius 1 is 1.35 bits per heavy atom. The zero-order valence-electron chi connectivity index (χ0n) is 10.4. The van der Waals surface area contributed by atoms with Crippen LogP contribution in [0.15, 0.2) is 24.3 Å². The Labute approximate surface area is 103 Å². The summed E-state index contributed by atoms with van der Waals surface area (Å²) in [5, 5.41) is 8.61. The first-order chi connectivity index (χ1) is 8.21. The van der Waals surface area contributed by atoms with Gasteiger partial charge in [0.2, 0.25) is 5.91 Å². The summed E-state index contributed by atoms with van der Waals surface area (Å²) in [4.78, 5) is 11.3. The Balaban J connectivity index is 2.64. The lowest BCUT2D eigenvalue weighted by atomic mass is 9.95. The average molecular weight is 234 g/mol. The molecule has 2 N–H and O–H groups in total. The van der Waals surface area contributed by atoms with E-state index in [9.17, 15) is 4.79 Å². The van der Waals surface area contributed by atoms with E-state index in [-0.39, 0.29) is 11.8 Å². The number of benzene rings is 1. The lowest BCUT2D eigenvalue weighted by Gasteiger charge is -2.12. The number of amides is 1. The van der Waals surface area contributed by atoms with E-state index in [0.717, 1.165) is 18.4 Å². The molecule has 0 bridgehead atoms. The third kappa shape index (κ3) is 4.19. The second-order valence-corrected chi connectivity index (χ2v) is 4.15. The first-order valence-corrected chi connectivity index (χ1v) is 6.09. The number of carbonyl (C=O) groups excluding carboxylic acids is 1. The molecule has 0 aliphatic carbocycles. The second kappa shape index (κ2) is 7.07. The number of rotatable bonds is 6. The number of hydrogen-bond donors (Lipinski definition) is 2. The van der Waals surface area contributed by atoms with Gasteiger partial charge in [0.25, 0.3) is 0 Å². The summed E-state index contributed by atoms with van der Waals surface area (Å²) in [6, 6.07) is 8.19. The van der Waals surface area contributed by atoms with Crippen molar-refractivity contribution in [3.63, 3.8) is 0 Å². The van der Waals surface area contributed by atoms with E-state index in [0.29, 0.717) is 6.42 Å². The van der Waals surface area contributed by atoms with Crippen molar-refractivity contribution in [2.24, 2.45) is 5.92 Å². The minimum atomic E-state index is -0.356. The molecular formula is C14H20NO2. The van der Waals surface area contributed by atoms with Crippen molar-refractivity contribution in [3.8, 4) is 0 Å². The molecule has 0 aliphatic heterocycles. The molecule has 0 aliphatic rings. The summed E-state index contributed by atoms with van der Waals surface area (Å²) >= 11 is 0. The summed E-state index contributed by atoms with van der Waals surface area (Å²) in [5.74, 6) is -0.637. The molecule has 1 aromatic rings. The molecule has 93 valence electrons. The Morgan fingerprint density at radius 2 is 2.00 bits per heavy atom. The van der Waals surface area contributed by atoms with E-state index in [1.165, 1.54) is 5.56 Å². The highest BCUT2D eigenvalue weighted by Gasteiger charge is 2.16. The van der Waals surface area contributed by atoms with Crippen LogP contribution < -0.4 is 5.48 Å². The van der Waals surface area contributed by atoms with E-state index >= 15 is 0 Å². The van der Waals surface area contributed by atoms with Crippen molar-refractivity contribution in [1.29, 1.82) is 0 Å². The number of hydrogen-bond acceptors (Lipinski definition) is 2. The third-order valence-corrected chi connectivity index (χ3v) is 2.80. The quantitative estimate of drug-likeness (QED) is 0.587. The molecule has 1 rings (SSSR count). The summed E-state index contributed by atoms with van der Waals surface area (Å²) in [7, 11) is 0. The second-order valence-electron chi connectivity index (χ2n) is 4.15. The SMILES string of the molecule is CCCc1ccc([CH][C@@H](CC)C(=O)NO)cc1. The minimum Gasteiger partial charge on any atom is -0.289 e. The van der Waals surface area contributed by atoms with Crippen molar-refractivity contribution in [3.05, 3.63) is 41.8 Å². The largest absolute Gasteiger partial charge is 0.289 e. The lowest BCUT2D eigenvalue weighted by Crippen LogP contribution is -2.27. The molecule has 3 nitrogen and oxygen atoms in total. The monoisotopic (exact) mass is 234 g/mol. The fourth-order valence-electron chi connectivity index (χ4n) is 1.78. The van der Waals surface area contributed by atoms with Gasteiger partial charge in [-0.2, -0.15) is 0 Å². The van der Waals surface area contributed by atoms with Gasteiger partial charge in [-0.3, -0.25) is 10.0 Å². The standard InChI is InChI=1S/C14H20NO2/c1-3-5-11-6-8-12(9-7-11)10-13(4-2)14(16)15-17/h6-10,13,17H,3-5H2,1-2H3,(H,15,16)/t13-/m1/s1. The Morgan fingerprint density at radius 3 is 2.47 bits per heavy atom. The number of nitrogens with one attached hydrogen (secondary N) is 1. The maximum atomic E-state index is 11.3. The molecule has 0 aromatic heterocycles. The van der Waals surface area contributed by atoms with Crippen LogP contribution in [0.5, 0.6) is 0 Å². The van der Waals surface area contributed by atoms with Crippen LogP contribution in [0.1, 0.15) is 37.8 Å². The molecule has 0 heterocycles. The zero-order chi connectivity index (χ0) is 12.7. The summed E-state index contributed by atoms with van der Waals surface area (Å²) in [6.07, 6.45) is 4.76. The molecule has 0 saturated carbocycles. The van der Waals surface area contributed by atoms with Crippen molar-refractivity contribution in [2.45, 2.75) is 33.1 Å². The van der Waals surface area contributed by atoms with Crippen LogP contribution in [-0.4, -0.2) is 11.1 Å². The fraction of sp³-hybridized carbons (Fsp3) is 0.429. The summed E-state index contributed by atoms with van der Waals surface area (Å²) in [6.45, 7) is 4.07. The first kappa shape index (κ1) is 13.7. The van der Waals surface area contributed by atoms with Crippen molar-refractivity contribution < 1.29 is 10.0 Å². The summed E-state index contributed by atoms with van der Waals surface area (Å²) in [5.41, 5.74) is 4.02. The molecule has 0 unspecified atom stereocenters. The molecule has 1 amide bonds. The maximum Gasteiger partial charge on any atom is 0.247 e. The predicted molar refractivity (Wildman–Crippen MR) is 67.5 cm³/mol. The Hall–Kier alpha value is -1.35. The minimum absolute atomic E-state index is 0.281. The van der Waals surface area contributed by atoms with Gasteiger partial charge >= 0.3 is 0 Å². The highest BCUT2D eigenvalue weighted by atomic mass is 16.5. The molecule has 1 atom stereocenters. The molecule has 0 fully saturated rings. The van der Waals surface area contributed by atoms with E-state index in [1.807, 2.05) is 25.5 Å². The van der Waals surface area contributed by atoms with Gasteiger partial charge in [0, 0.05) is 12.3 Å². The topological polar surface area (TPSA) is 49.3 Å². The van der Waals surface area contributed by atoms with Gasteiger partial charge in [-0.15, -0.1) is 0 Å². The van der Waals surface area contributed by atoms with Crippen LogP contribution in [0.25, 0.3) is 0 Å². The average Bonchev–Trinajstić information content (AvgIpc) is 2.37. The van der Waals surface area contributed by atoms with E-state index in [2.05, 4.69) is 19.1 Å². The Kier molecular flexibility index (Phi) is 5.70. The van der Waals surface area contributed by atoms with Crippen LogP contribution in [0.3, 0.4) is 0 Å². The molecule has 1 radical (unpaired) electrons. The Bertz CT molecular complexity index is 346. The van der Waals surface area contributed by atoms with Crippen LogP contribution in [0.4, 0.5) is 0 Å². The first-order valence-electron chi connectivity index (χ1n) is 6.09. The summed E-state index contributed by atoms with van der Waals surface area (Å²) < 4.78 is 0. The molecule has 3 heteroatoms. The van der Waals surface area contributed by atoms with E-state index in [4.69, 9.17) is 5.21 Å². The molecule has 0 saturated heterocycles. The third-order valence-electron chi connectivity index (χ3n) is 2.80. The maximum absolute atomic E-state index is 11.3. The van der Waals surface area contributed by atoms with Crippen LogP contribution in [-0.2, 0) is 11.2 Å². The van der Waals surface area contributed by atoms with E-state index < -0.39 is 0 Å². The lowest BCUT2D eigenvalue weighted by molar-refractivity contribution is -0.132. The van der Waals surface area contributed by atoms with Crippen LogP contribution >= 0.6 is 0 Å². The normalized spacial score (nSPS) is 12.2. The fourth-order valence-corrected chi connectivity index (χ4v) is 1.78. The van der Waals surface area contributed by atoms with Gasteiger partial charge < -0.3 is 0 Å². The van der Waals surface area contributed by atoms with Crippen LogP contribution in [0, 0.1) is 12.3 Å². The molecule has 0 spiro atoms. The van der Waals surface area contributed by atoms with Crippen LogP contribution in [0.2, 0.25) is 0 Å². The zero-order valence-corrected chi connectivity index (χ0v) is 10.4. The highest BCUT2D eigenvalue weighted by molar-refractivity contribution is 5.79. The molecule has 1 aromatic carbocycles. The molecule has 17 heavy (non-hydrogen) atoms. The smallest absolute Gasteiger partial charge is 0.247 e. The number of aryl methyl sites for hydroxylation is 1. The van der Waals surface area contributed by atoms with Gasteiger partial charge in [-0.25, -0.2) is 5.48 Å². The van der Waals surface area contributed by atoms with Gasteiger partial charge in [-0.1, -0.05) is 44.5 Å². The number of hydroxylamine groups is 1. The van der Waals surface area contributed by atoms with E-state index in [1.54, 1.807) is 5.48 Å². The van der Waals surface area contributed by atoms with Gasteiger partial charge in [0.1, 0.15) is 0 Å². The molecular weight excluding hydrogens is 214 g/mol. The highest BCUT2D eigenvalue weighted by Crippen LogP contribution is 2.16. The van der Waals surface area contributed by atoms with Gasteiger partial charge in [0.15, 0.2) is 0 Å². The van der Waals surface area contributed by atoms with Crippen molar-refractivity contribution in [1.82, 2.24) is 5.48 Å².